The number of hydrogen-bond acceptors (Lipinski definition) is 5. The van der Waals surface area contributed by atoms with Crippen LogP contribution in [0.1, 0.15) is 53.7 Å². The SMILES string of the molecule is CO[C@@H]1C[C@H]2CN(C(=O)c3cnn4ccccc34)C[C@H]2C[C@H]1n1cc(C2CC2)nn1. The average molecular weight is 406 g/mol. The highest BCUT2D eigenvalue weighted by molar-refractivity contribution is 6.00. The van der Waals surface area contributed by atoms with Crippen LogP contribution in [0.4, 0.5) is 0 Å². The summed E-state index contributed by atoms with van der Waals surface area (Å²) in [4.78, 5) is 15.3. The highest BCUT2D eigenvalue weighted by atomic mass is 16.5. The average Bonchev–Trinajstić information content (AvgIpc) is 3.18. The van der Waals surface area contributed by atoms with Crippen LogP contribution >= 0.6 is 0 Å². The molecular formula is C22H26N6O2. The molecule has 3 aliphatic rings. The van der Waals surface area contributed by atoms with Gasteiger partial charge in [-0.2, -0.15) is 5.10 Å². The number of carbonyl (C=O) groups is 1. The molecule has 6 rings (SSSR count). The van der Waals surface area contributed by atoms with E-state index >= 15 is 0 Å². The second kappa shape index (κ2) is 6.91. The van der Waals surface area contributed by atoms with Crippen molar-refractivity contribution in [3.05, 3.63) is 48.0 Å². The Labute approximate surface area is 174 Å². The van der Waals surface area contributed by atoms with Crippen molar-refractivity contribution >= 4 is 11.4 Å². The number of pyridine rings is 1. The van der Waals surface area contributed by atoms with Crippen molar-refractivity contribution in [1.82, 2.24) is 29.5 Å². The summed E-state index contributed by atoms with van der Waals surface area (Å²) < 4.78 is 9.65. The van der Waals surface area contributed by atoms with Gasteiger partial charge >= 0.3 is 0 Å². The predicted molar refractivity (Wildman–Crippen MR) is 109 cm³/mol. The third kappa shape index (κ3) is 2.93. The summed E-state index contributed by atoms with van der Waals surface area (Å²) in [6.07, 6.45) is 10.1. The summed E-state index contributed by atoms with van der Waals surface area (Å²) in [6, 6.07) is 5.99. The molecule has 0 bridgehead atoms. The van der Waals surface area contributed by atoms with Gasteiger partial charge in [0.15, 0.2) is 0 Å². The van der Waals surface area contributed by atoms with Crippen LogP contribution in [0, 0.1) is 11.8 Å². The molecule has 1 amide bonds. The fourth-order valence-electron chi connectivity index (χ4n) is 5.38. The van der Waals surface area contributed by atoms with Crippen LogP contribution < -0.4 is 0 Å². The zero-order chi connectivity index (χ0) is 20.2. The van der Waals surface area contributed by atoms with E-state index in [1.54, 1.807) is 17.8 Å². The lowest BCUT2D eigenvalue weighted by molar-refractivity contribution is -0.00546. The molecule has 0 unspecified atom stereocenters. The molecule has 0 spiro atoms. The van der Waals surface area contributed by atoms with Gasteiger partial charge in [0.25, 0.3) is 5.91 Å². The van der Waals surface area contributed by atoms with E-state index in [0.717, 1.165) is 37.1 Å². The van der Waals surface area contributed by atoms with E-state index < -0.39 is 0 Å². The van der Waals surface area contributed by atoms with Gasteiger partial charge < -0.3 is 9.64 Å². The van der Waals surface area contributed by atoms with E-state index in [1.165, 1.54) is 12.8 Å². The van der Waals surface area contributed by atoms with Crippen molar-refractivity contribution in [2.45, 2.75) is 43.7 Å². The zero-order valence-electron chi connectivity index (χ0n) is 17.1. The van der Waals surface area contributed by atoms with E-state index in [1.807, 2.05) is 34.0 Å². The summed E-state index contributed by atoms with van der Waals surface area (Å²) in [6.45, 7) is 1.57. The minimum Gasteiger partial charge on any atom is -0.379 e. The summed E-state index contributed by atoms with van der Waals surface area (Å²) in [5.74, 6) is 1.60. The first-order valence-corrected chi connectivity index (χ1v) is 10.9. The Balaban J connectivity index is 1.21. The number of fused-ring (bicyclic) bond motifs is 2. The van der Waals surface area contributed by atoms with Crippen LogP contribution in [0.25, 0.3) is 5.52 Å². The topological polar surface area (TPSA) is 77.5 Å². The molecule has 2 saturated carbocycles. The van der Waals surface area contributed by atoms with Gasteiger partial charge in [0.2, 0.25) is 0 Å². The molecule has 1 aliphatic heterocycles. The Kier molecular flexibility index (Phi) is 4.16. The van der Waals surface area contributed by atoms with Gasteiger partial charge in [0.1, 0.15) is 0 Å². The van der Waals surface area contributed by atoms with Crippen LogP contribution in [-0.2, 0) is 4.74 Å². The molecule has 0 radical (unpaired) electrons. The number of methoxy groups -OCH3 is 1. The third-order valence-corrected chi connectivity index (χ3v) is 7.20. The van der Waals surface area contributed by atoms with E-state index in [-0.39, 0.29) is 18.1 Å². The number of amides is 1. The quantitative estimate of drug-likeness (QED) is 0.665. The number of nitrogens with zero attached hydrogens (tertiary/aromatic N) is 6. The summed E-state index contributed by atoms with van der Waals surface area (Å²) >= 11 is 0. The molecule has 4 heterocycles. The number of aromatic nitrogens is 5. The van der Waals surface area contributed by atoms with E-state index in [9.17, 15) is 4.79 Å². The molecule has 4 atom stereocenters. The molecule has 8 nitrogen and oxygen atoms in total. The van der Waals surface area contributed by atoms with Gasteiger partial charge in [-0.1, -0.05) is 11.3 Å². The van der Waals surface area contributed by atoms with E-state index in [2.05, 4.69) is 21.6 Å². The van der Waals surface area contributed by atoms with Crippen LogP contribution in [0.2, 0.25) is 0 Å². The monoisotopic (exact) mass is 406 g/mol. The first-order valence-electron chi connectivity index (χ1n) is 10.9. The molecule has 3 fully saturated rings. The van der Waals surface area contributed by atoms with Crippen molar-refractivity contribution < 1.29 is 9.53 Å². The summed E-state index contributed by atoms with van der Waals surface area (Å²) in [7, 11) is 1.79. The van der Waals surface area contributed by atoms with Crippen LogP contribution in [0.5, 0.6) is 0 Å². The second-order valence-corrected chi connectivity index (χ2v) is 9.03. The maximum absolute atomic E-state index is 13.3. The van der Waals surface area contributed by atoms with Crippen molar-refractivity contribution in [3.63, 3.8) is 0 Å². The van der Waals surface area contributed by atoms with E-state index in [4.69, 9.17) is 4.74 Å². The minimum absolute atomic E-state index is 0.0768. The standard InChI is InChI=1S/C22H26N6O2/c1-30-21-9-16-12-26(22(29)17-10-23-27-7-3-2-4-19(17)27)11-15(16)8-20(21)28-13-18(24-25-28)14-5-6-14/h2-4,7,10,13-16,20-21H,5-6,8-9,11-12H2,1H3/t15-,16+,20-,21-/m1/s1. The largest absolute Gasteiger partial charge is 0.379 e. The van der Waals surface area contributed by atoms with E-state index in [0.29, 0.717) is 23.3 Å². The molecule has 1 saturated heterocycles. The van der Waals surface area contributed by atoms with Crippen LogP contribution in [0.15, 0.2) is 36.8 Å². The van der Waals surface area contributed by atoms with Crippen molar-refractivity contribution in [2.75, 3.05) is 20.2 Å². The lowest BCUT2D eigenvalue weighted by Gasteiger charge is -2.36. The molecule has 2 aliphatic carbocycles. The molecule has 3 aromatic rings. The van der Waals surface area contributed by atoms with Gasteiger partial charge in [0, 0.05) is 38.5 Å². The van der Waals surface area contributed by atoms with Gasteiger partial charge in [-0.3, -0.25) is 4.79 Å². The molecule has 0 N–H and O–H groups in total. The number of ether oxygens (including phenoxy) is 1. The molecule has 3 aromatic heterocycles. The molecule has 30 heavy (non-hydrogen) atoms. The predicted octanol–water partition coefficient (Wildman–Crippen LogP) is 2.54. The Morgan fingerprint density at radius 1 is 1.17 bits per heavy atom. The lowest BCUT2D eigenvalue weighted by atomic mass is 9.77. The maximum atomic E-state index is 13.3. The number of rotatable bonds is 4. The van der Waals surface area contributed by atoms with Gasteiger partial charge in [-0.25, -0.2) is 9.20 Å². The van der Waals surface area contributed by atoms with Crippen molar-refractivity contribution in [3.8, 4) is 0 Å². The zero-order valence-corrected chi connectivity index (χ0v) is 17.1. The Bertz CT molecular complexity index is 1090. The smallest absolute Gasteiger partial charge is 0.257 e. The van der Waals surface area contributed by atoms with Gasteiger partial charge in [-0.15, -0.1) is 5.10 Å². The molecule has 8 heteroatoms. The highest BCUT2D eigenvalue weighted by Gasteiger charge is 2.45. The van der Waals surface area contributed by atoms with Gasteiger partial charge in [-0.05, 0) is 49.7 Å². The Morgan fingerprint density at radius 3 is 2.80 bits per heavy atom. The second-order valence-electron chi connectivity index (χ2n) is 9.03. The lowest BCUT2D eigenvalue weighted by Crippen LogP contribution is -2.37. The first-order chi connectivity index (χ1) is 14.7. The normalized spacial score (nSPS) is 28.8. The Morgan fingerprint density at radius 2 is 2.00 bits per heavy atom. The maximum Gasteiger partial charge on any atom is 0.257 e. The third-order valence-electron chi connectivity index (χ3n) is 7.20. The minimum atomic E-state index is 0.0768. The van der Waals surface area contributed by atoms with Crippen LogP contribution in [0.3, 0.4) is 0 Å². The van der Waals surface area contributed by atoms with Crippen molar-refractivity contribution in [1.29, 1.82) is 0 Å². The Hall–Kier alpha value is -2.74. The fourth-order valence-corrected chi connectivity index (χ4v) is 5.38. The first kappa shape index (κ1) is 18.1. The van der Waals surface area contributed by atoms with Crippen LogP contribution in [-0.4, -0.2) is 61.7 Å². The highest BCUT2D eigenvalue weighted by Crippen LogP contribution is 2.44. The van der Waals surface area contributed by atoms with Crippen molar-refractivity contribution in [2.24, 2.45) is 11.8 Å². The fraction of sp³-hybridized carbons (Fsp3) is 0.545. The molecule has 0 aromatic carbocycles. The molecule has 156 valence electrons. The van der Waals surface area contributed by atoms with Gasteiger partial charge in [0.05, 0.1) is 35.1 Å². The summed E-state index contributed by atoms with van der Waals surface area (Å²) in [5, 5.41) is 13.2. The number of likely N-dealkylation sites (tertiary alicyclic amines) is 1. The number of hydrogen-bond donors (Lipinski definition) is 0. The summed E-state index contributed by atoms with van der Waals surface area (Å²) in [5.41, 5.74) is 2.66. The molecular weight excluding hydrogens is 380 g/mol. The number of carbonyl (C=O) groups excluding carboxylic acids is 1.